The molecule has 0 radical (unpaired) electrons. The molecule has 2 aromatic rings. The lowest BCUT2D eigenvalue weighted by Gasteiger charge is -2.20. The van der Waals surface area contributed by atoms with E-state index in [9.17, 15) is 19.8 Å². The van der Waals surface area contributed by atoms with Gasteiger partial charge in [-0.3, -0.25) is 9.59 Å². The van der Waals surface area contributed by atoms with Crippen molar-refractivity contribution >= 4 is 11.8 Å². The van der Waals surface area contributed by atoms with E-state index in [1.165, 1.54) is 11.0 Å². The van der Waals surface area contributed by atoms with Crippen LogP contribution in [0.25, 0.3) is 0 Å². The maximum absolute atomic E-state index is 13.1. The fraction of sp³-hybridized carbons (Fsp3) is 0.417. The minimum atomic E-state index is -0.394. The average Bonchev–Trinajstić information content (AvgIpc) is 3.18. The second-order valence-corrected chi connectivity index (χ2v) is 7.91. The molecule has 7 heteroatoms. The van der Waals surface area contributed by atoms with E-state index in [0.29, 0.717) is 26.2 Å². The van der Waals surface area contributed by atoms with Crippen LogP contribution in [0.3, 0.4) is 0 Å². The van der Waals surface area contributed by atoms with Crippen LogP contribution in [0.15, 0.2) is 30.3 Å². The Morgan fingerprint density at radius 1 is 1.00 bits per heavy atom. The number of ether oxygens (including phenoxy) is 1. The van der Waals surface area contributed by atoms with Gasteiger partial charge in [0.15, 0.2) is 0 Å². The second-order valence-electron chi connectivity index (χ2n) is 7.91. The van der Waals surface area contributed by atoms with E-state index >= 15 is 0 Å². The molecule has 0 bridgehead atoms. The van der Waals surface area contributed by atoms with Crippen LogP contribution in [-0.2, 0) is 13.1 Å². The predicted octanol–water partition coefficient (Wildman–Crippen LogP) is 3.91. The van der Waals surface area contributed by atoms with E-state index < -0.39 is 5.91 Å². The molecular formula is C24H30N2O5. The van der Waals surface area contributed by atoms with Crippen LogP contribution in [-0.4, -0.2) is 52.0 Å². The lowest BCUT2D eigenvalue weighted by molar-refractivity contribution is 0.0748. The summed E-state index contributed by atoms with van der Waals surface area (Å²) >= 11 is 0. The maximum Gasteiger partial charge on any atom is 0.258 e. The van der Waals surface area contributed by atoms with Crippen LogP contribution in [0, 0.1) is 0 Å². The molecule has 166 valence electrons. The van der Waals surface area contributed by atoms with Crippen molar-refractivity contribution in [2.24, 2.45) is 0 Å². The summed E-state index contributed by atoms with van der Waals surface area (Å²) in [6, 6.07) is 8.13. The smallest absolute Gasteiger partial charge is 0.258 e. The zero-order chi connectivity index (χ0) is 22.5. The number of benzene rings is 2. The topological polar surface area (TPSA) is 90.3 Å². The van der Waals surface area contributed by atoms with Crippen LogP contribution in [0.2, 0.25) is 0 Å². The molecule has 2 amide bonds. The van der Waals surface area contributed by atoms with Crippen molar-refractivity contribution in [2.75, 3.05) is 20.2 Å². The Balaban J connectivity index is 1.80. The molecule has 0 aliphatic carbocycles. The minimum absolute atomic E-state index is 0.000282. The Morgan fingerprint density at radius 3 is 2.42 bits per heavy atom. The van der Waals surface area contributed by atoms with Crippen LogP contribution >= 0.6 is 0 Å². The third-order valence-corrected chi connectivity index (χ3v) is 5.43. The number of carbonyl (C=O) groups excluding carboxylic acids is 2. The van der Waals surface area contributed by atoms with Gasteiger partial charge in [-0.25, -0.2) is 0 Å². The van der Waals surface area contributed by atoms with Gasteiger partial charge in [0.1, 0.15) is 17.2 Å². The van der Waals surface area contributed by atoms with Gasteiger partial charge in [0.2, 0.25) is 0 Å². The molecule has 0 saturated heterocycles. The molecule has 31 heavy (non-hydrogen) atoms. The van der Waals surface area contributed by atoms with Crippen molar-refractivity contribution in [1.82, 2.24) is 9.80 Å². The summed E-state index contributed by atoms with van der Waals surface area (Å²) in [4.78, 5) is 29.0. The zero-order valence-electron chi connectivity index (χ0n) is 18.4. The van der Waals surface area contributed by atoms with Gasteiger partial charge in [-0.2, -0.15) is 0 Å². The molecule has 0 aromatic heterocycles. The van der Waals surface area contributed by atoms with Gasteiger partial charge >= 0.3 is 0 Å². The van der Waals surface area contributed by atoms with Crippen molar-refractivity contribution in [3.63, 3.8) is 0 Å². The third kappa shape index (κ3) is 4.93. The highest BCUT2D eigenvalue weighted by Gasteiger charge is 2.28. The number of unbranched alkanes of at least 4 members (excludes halogenated alkanes) is 1. The normalized spacial score (nSPS) is 12.5. The summed E-state index contributed by atoms with van der Waals surface area (Å²) in [7, 11) is 1.65. The summed E-state index contributed by atoms with van der Waals surface area (Å²) < 4.78 is 5.67. The van der Waals surface area contributed by atoms with E-state index in [2.05, 4.69) is 0 Å². The number of phenols is 2. The molecule has 3 rings (SSSR count). The Bertz CT molecular complexity index is 973. The van der Waals surface area contributed by atoms with Crippen molar-refractivity contribution in [1.29, 1.82) is 0 Å². The predicted molar refractivity (Wildman–Crippen MR) is 117 cm³/mol. The van der Waals surface area contributed by atoms with Crippen molar-refractivity contribution < 1.29 is 24.5 Å². The Kier molecular flexibility index (Phi) is 7.05. The molecule has 0 atom stereocenters. The fourth-order valence-electron chi connectivity index (χ4n) is 3.62. The third-order valence-electron chi connectivity index (χ3n) is 5.43. The lowest BCUT2D eigenvalue weighted by Crippen LogP contribution is -2.29. The minimum Gasteiger partial charge on any atom is -0.507 e. The first-order chi connectivity index (χ1) is 14.8. The van der Waals surface area contributed by atoms with Crippen LogP contribution in [0.5, 0.6) is 17.2 Å². The number of hydrogen-bond acceptors (Lipinski definition) is 5. The van der Waals surface area contributed by atoms with Gasteiger partial charge in [-0.1, -0.05) is 26.3 Å². The van der Waals surface area contributed by atoms with Gasteiger partial charge in [0.25, 0.3) is 11.8 Å². The number of amides is 2. The summed E-state index contributed by atoms with van der Waals surface area (Å²) in [6.07, 6.45) is 2.68. The van der Waals surface area contributed by atoms with Crippen molar-refractivity contribution in [3.8, 4) is 17.2 Å². The van der Waals surface area contributed by atoms with Crippen LogP contribution in [0.4, 0.5) is 0 Å². The number of rotatable bonds is 8. The van der Waals surface area contributed by atoms with Gasteiger partial charge < -0.3 is 24.7 Å². The summed E-state index contributed by atoms with van der Waals surface area (Å²) in [5.41, 5.74) is 2.02. The highest BCUT2D eigenvalue weighted by Crippen LogP contribution is 2.33. The molecule has 1 aliphatic heterocycles. The van der Waals surface area contributed by atoms with Crippen molar-refractivity contribution in [3.05, 3.63) is 52.6 Å². The van der Waals surface area contributed by atoms with Crippen LogP contribution < -0.4 is 4.74 Å². The number of carbonyl (C=O) groups is 2. The highest BCUT2D eigenvalue weighted by molar-refractivity contribution is 6.03. The largest absolute Gasteiger partial charge is 0.507 e. The van der Waals surface area contributed by atoms with E-state index in [1.54, 1.807) is 11.9 Å². The highest BCUT2D eigenvalue weighted by atomic mass is 16.5. The maximum atomic E-state index is 13.1. The van der Waals surface area contributed by atoms with E-state index in [-0.39, 0.29) is 28.5 Å². The van der Waals surface area contributed by atoms with Gasteiger partial charge in [0.05, 0.1) is 17.7 Å². The first kappa shape index (κ1) is 22.5. The first-order valence-electron chi connectivity index (χ1n) is 10.7. The van der Waals surface area contributed by atoms with Gasteiger partial charge in [0, 0.05) is 32.7 Å². The van der Waals surface area contributed by atoms with Gasteiger partial charge in [-0.05, 0) is 42.2 Å². The van der Waals surface area contributed by atoms with E-state index in [0.717, 1.165) is 42.2 Å². The Labute approximate surface area is 182 Å². The second kappa shape index (κ2) is 9.73. The molecule has 1 heterocycles. The fourth-order valence-corrected chi connectivity index (χ4v) is 3.62. The number of phenolic OH excluding ortho intramolecular Hbond substituents is 2. The Hall–Kier alpha value is -3.22. The molecule has 2 aromatic carbocycles. The quantitative estimate of drug-likeness (QED) is 0.668. The van der Waals surface area contributed by atoms with Gasteiger partial charge in [-0.15, -0.1) is 0 Å². The first-order valence-corrected chi connectivity index (χ1v) is 10.7. The number of nitrogens with zero attached hydrogens (tertiary/aromatic N) is 2. The standard InChI is InChI=1S/C24H30N2O5/c1-4-6-9-25(3)23(29)19-12-20(22(28)13-21(19)27)24(30)26-14-16-7-8-18(31-10-5-2)11-17(16)15-26/h7-8,11-13,27-28H,4-6,9-10,14-15H2,1-3H3. The molecule has 0 saturated carbocycles. The molecule has 2 N–H and O–H groups in total. The summed E-state index contributed by atoms with van der Waals surface area (Å²) in [6.45, 7) is 6.04. The summed E-state index contributed by atoms with van der Waals surface area (Å²) in [5, 5.41) is 20.5. The molecule has 1 aliphatic rings. The van der Waals surface area contributed by atoms with E-state index in [1.807, 2.05) is 32.0 Å². The molecule has 0 unspecified atom stereocenters. The average molecular weight is 427 g/mol. The monoisotopic (exact) mass is 426 g/mol. The Morgan fingerprint density at radius 2 is 1.71 bits per heavy atom. The van der Waals surface area contributed by atoms with Crippen molar-refractivity contribution in [2.45, 2.75) is 46.2 Å². The SMILES string of the molecule is CCCCN(C)C(=O)c1cc(C(=O)N2Cc3ccc(OCCC)cc3C2)c(O)cc1O. The molecule has 0 fully saturated rings. The molecular weight excluding hydrogens is 396 g/mol. The lowest BCUT2D eigenvalue weighted by atomic mass is 10.1. The number of aromatic hydroxyl groups is 2. The zero-order valence-corrected chi connectivity index (χ0v) is 18.4. The summed E-state index contributed by atoms with van der Waals surface area (Å²) in [5.74, 6) is -0.703. The number of fused-ring (bicyclic) bond motifs is 1. The van der Waals surface area contributed by atoms with E-state index in [4.69, 9.17) is 4.74 Å². The van der Waals surface area contributed by atoms with Crippen LogP contribution in [0.1, 0.15) is 65.0 Å². The molecule has 7 nitrogen and oxygen atoms in total. The molecule has 0 spiro atoms. The number of hydrogen-bond donors (Lipinski definition) is 2.